The van der Waals surface area contributed by atoms with Gasteiger partial charge in [-0.3, -0.25) is 10.1 Å². The van der Waals surface area contributed by atoms with Gasteiger partial charge in [-0.05, 0) is 31.5 Å². The Kier molecular flexibility index (Phi) is 5.42. The number of non-ortho nitro benzene ring substituents is 1. The van der Waals surface area contributed by atoms with Crippen LogP contribution < -0.4 is 10.1 Å². The topological polar surface area (TPSA) is 64.4 Å². The highest BCUT2D eigenvalue weighted by molar-refractivity contribution is 5.43. The van der Waals surface area contributed by atoms with Crippen LogP contribution >= 0.6 is 0 Å². The van der Waals surface area contributed by atoms with E-state index in [0.717, 1.165) is 25.1 Å². The van der Waals surface area contributed by atoms with E-state index in [1.54, 1.807) is 6.07 Å². The molecule has 0 atom stereocenters. The molecule has 5 nitrogen and oxygen atoms in total. The number of nitro benzene ring substituents is 1. The van der Waals surface area contributed by atoms with Crippen LogP contribution in [0.3, 0.4) is 0 Å². The predicted molar refractivity (Wildman–Crippen MR) is 66.5 cm³/mol. The first-order valence-electron chi connectivity index (χ1n) is 5.73. The Bertz CT molecular complexity index is 380. The van der Waals surface area contributed by atoms with Gasteiger partial charge in [-0.1, -0.05) is 6.92 Å². The number of nitrogens with zero attached hydrogens (tertiary/aromatic N) is 1. The van der Waals surface area contributed by atoms with E-state index in [1.807, 2.05) is 6.92 Å². The molecule has 1 aromatic carbocycles. The van der Waals surface area contributed by atoms with Crippen molar-refractivity contribution in [1.29, 1.82) is 0 Å². The normalized spacial score (nSPS) is 10.2. The van der Waals surface area contributed by atoms with E-state index < -0.39 is 4.92 Å². The molecule has 94 valence electrons. The lowest BCUT2D eigenvalue weighted by Gasteiger charge is -2.09. The van der Waals surface area contributed by atoms with Gasteiger partial charge in [0, 0.05) is 12.6 Å². The molecule has 0 unspecified atom stereocenters. The van der Waals surface area contributed by atoms with Crippen molar-refractivity contribution in [1.82, 2.24) is 5.32 Å². The fourth-order valence-corrected chi connectivity index (χ4v) is 1.39. The van der Waals surface area contributed by atoms with E-state index in [1.165, 1.54) is 12.1 Å². The van der Waals surface area contributed by atoms with E-state index in [2.05, 4.69) is 12.2 Å². The van der Waals surface area contributed by atoms with Gasteiger partial charge in [0.2, 0.25) is 0 Å². The Hall–Kier alpha value is -1.62. The molecule has 17 heavy (non-hydrogen) atoms. The smallest absolute Gasteiger partial charge is 0.273 e. The van der Waals surface area contributed by atoms with Crippen molar-refractivity contribution in [2.45, 2.75) is 20.3 Å². The van der Waals surface area contributed by atoms with Gasteiger partial charge in [0.1, 0.15) is 12.4 Å². The molecule has 5 heteroatoms. The van der Waals surface area contributed by atoms with Gasteiger partial charge in [0.05, 0.1) is 11.0 Å². The molecule has 0 fully saturated rings. The first-order chi connectivity index (χ1) is 8.15. The minimum Gasteiger partial charge on any atom is -0.492 e. The molecule has 0 saturated heterocycles. The molecule has 0 aliphatic carbocycles. The number of ether oxygens (including phenoxy) is 1. The van der Waals surface area contributed by atoms with Crippen LogP contribution in [0, 0.1) is 17.0 Å². The van der Waals surface area contributed by atoms with Crippen LogP contribution in [0.2, 0.25) is 0 Å². The van der Waals surface area contributed by atoms with Gasteiger partial charge in [-0.2, -0.15) is 0 Å². The zero-order valence-electron chi connectivity index (χ0n) is 10.2. The van der Waals surface area contributed by atoms with E-state index in [9.17, 15) is 10.1 Å². The Morgan fingerprint density at radius 1 is 1.41 bits per heavy atom. The minimum absolute atomic E-state index is 0.0621. The predicted octanol–water partition coefficient (Wildman–Crippen LogP) is 2.28. The molecule has 0 saturated carbocycles. The molecule has 1 N–H and O–H groups in total. The highest BCUT2D eigenvalue weighted by Gasteiger charge is 2.09. The highest BCUT2D eigenvalue weighted by Crippen LogP contribution is 2.23. The van der Waals surface area contributed by atoms with Crippen molar-refractivity contribution in [3.05, 3.63) is 33.9 Å². The number of hydrogen-bond acceptors (Lipinski definition) is 4. The third kappa shape index (κ3) is 4.40. The number of aryl methyl sites for hydroxylation is 1. The fourth-order valence-electron chi connectivity index (χ4n) is 1.39. The number of benzene rings is 1. The van der Waals surface area contributed by atoms with Gasteiger partial charge in [-0.15, -0.1) is 0 Å². The minimum atomic E-state index is -0.415. The molecule has 0 spiro atoms. The molecule has 1 rings (SSSR count). The summed E-state index contributed by atoms with van der Waals surface area (Å²) in [5, 5.41) is 13.8. The summed E-state index contributed by atoms with van der Waals surface area (Å²) in [7, 11) is 0. The molecular formula is C12H18N2O3. The molecule has 0 aliphatic heterocycles. The van der Waals surface area contributed by atoms with Crippen molar-refractivity contribution in [2.75, 3.05) is 19.7 Å². The van der Waals surface area contributed by atoms with Gasteiger partial charge in [0.15, 0.2) is 0 Å². The van der Waals surface area contributed by atoms with Crippen molar-refractivity contribution < 1.29 is 9.66 Å². The summed E-state index contributed by atoms with van der Waals surface area (Å²) in [6.07, 6.45) is 1.08. The van der Waals surface area contributed by atoms with Gasteiger partial charge in [-0.25, -0.2) is 0 Å². The largest absolute Gasteiger partial charge is 0.492 e. The second kappa shape index (κ2) is 6.85. The Labute approximate surface area is 101 Å². The molecular weight excluding hydrogens is 220 g/mol. The molecule has 0 heterocycles. The van der Waals surface area contributed by atoms with Crippen LogP contribution in [-0.4, -0.2) is 24.6 Å². The monoisotopic (exact) mass is 238 g/mol. The highest BCUT2D eigenvalue weighted by atomic mass is 16.6. The van der Waals surface area contributed by atoms with Crippen molar-refractivity contribution in [2.24, 2.45) is 0 Å². The van der Waals surface area contributed by atoms with Crippen molar-refractivity contribution in [3.63, 3.8) is 0 Å². The van der Waals surface area contributed by atoms with Crippen LogP contribution in [-0.2, 0) is 0 Å². The summed E-state index contributed by atoms with van der Waals surface area (Å²) in [6, 6.07) is 4.65. The van der Waals surface area contributed by atoms with Crippen LogP contribution in [0.15, 0.2) is 18.2 Å². The van der Waals surface area contributed by atoms with E-state index in [4.69, 9.17) is 4.74 Å². The fraction of sp³-hybridized carbons (Fsp3) is 0.500. The zero-order chi connectivity index (χ0) is 12.7. The summed E-state index contributed by atoms with van der Waals surface area (Å²) >= 11 is 0. The molecule has 0 aliphatic rings. The Balaban J connectivity index is 2.51. The summed E-state index contributed by atoms with van der Waals surface area (Å²) in [6.45, 7) is 6.19. The number of rotatable bonds is 7. The SMILES string of the molecule is CCCNCCOc1cc([N+](=O)[O-])ccc1C. The lowest BCUT2D eigenvalue weighted by atomic mass is 10.2. The average molecular weight is 238 g/mol. The van der Waals surface area contributed by atoms with Crippen molar-refractivity contribution >= 4 is 5.69 Å². The lowest BCUT2D eigenvalue weighted by molar-refractivity contribution is -0.384. The maximum atomic E-state index is 10.6. The number of hydrogen-bond donors (Lipinski definition) is 1. The summed E-state index contributed by atoms with van der Waals surface area (Å²) < 4.78 is 5.51. The van der Waals surface area contributed by atoms with Crippen LogP contribution in [0.4, 0.5) is 5.69 Å². The van der Waals surface area contributed by atoms with E-state index in [0.29, 0.717) is 12.4 Å². The second-order valence-corrected chi connectivity index (χ2v) is 3.81. The average Bonchev–Trinajstić information content (AvgIpc) is 2.30. The van der Waals surface area contributed by atoms with Gasteiger partial charge >= 0.3 is 0 Å². The number of nitro groups is 1. The van der Waals surface area contributed by atoms with E-state index >= 15 is 0 Å². The maximum Gasteiger partial charge on any atom is 0.273 e. The molecule has 0 aromatic heterocycles. The van der Waals surface area contributed by atoms with Crippen LogP contribution in [0.1, 0.15) is 18.9 Å². The molecule has 1 aromatic rings. The molecule has 0 amide bonds. The van der Waals surface area contributed by atoms with E-state index in [-0.39, 0.29) is 5.69 Å². The maximum absolute atomic E-state index is 10.6. The van der Waals surface area contributed by atoms with Crippen LogP contribution in [0.5, 0.6) is 5.75 Å². The first kappa shape index (κ1) is 13.4. The van der Waals surface area contributed by atoms with Gasteiger partial charge < -0.3 is 10.1 Å². The summed E-state index contributed by atoms with van der Waals surface area (Å²) in [5.74, 6) is 0.581. The summed E-state index contributed by atoms with van der Waals surface area (Å²) in [4.78, 5) is 10.2. The zero-order valence-corrected chi connectivity index (χ0v) is 10.2. The molecule has 0 radical (unpaired) electrons. The number of nitrogens with one attached hydrogen (secondary N) is 1. The standard InChI is InChI=1S/C12H18N2O3/c1-3-6-13-7-8-17-12-9-11(14(15)16)5-4-10(12)2/h4-5,9,13H,3,6-8H2,1-2H3. The molecule has 0 bridgehead atoms. The third-order valence-corrected chi connectivity index (χ3v) is 2.35. The van der Waals surface area contributed by atoms with Gasteiger partial charge in [0.25, 0.3) is 5.69 Å². The Morgan fingerprint density at radius 2 is 2.18 bits per heavy atom. The first-order valence-corrected chi connectivity index (χ1v) is 5.73. The third-order valence-electron chi connectivity index (χ3n) is 2.35. The van der Waals surface area contributed by atoms with Crippen LogP contribution in [0.25, 0.3) is 0 Å². The second-order valence-electron chi connectivity index (χ2n) is 3.81. The Morgan fingerprint density at radius 3 is 2.82 bits per heavy atom. The lowest BCUT2D eigenvalue weighted by Crippen LogP contribution is -2.21. The quantitative estimate of drug-likeness (QED) is 0.449. The van der Waals surface area contributed by atoms with Crippen molar-refractivity contribution in [3.8, 4) is 5.75 Å². The summed E-state index contributed by atoms with van der Waals surface area (Å²) in [5.41, 5.74) is 0.971.